The van der Waals surface area contributed by atoms with E-state index in [2.05, 4.69) is 34.5 Å². The number of benzene rings is 1. The summed E-state index contributed by atoms with van der Waals surface area (Å²) in [5.41, 5.74) is 4.73. The van der Waals surface area contributed by atoms with E-state index in [4.69, 9.17) is 0 Å². The average molecular weight is 438 g/mol. The van der Waals surface area contributed by atoms with Gasteiger partial charge >= 0.3 is 0 Å². The monoisotopic (exact) mass is 437 g/mol. The van der Waals surface area contributed by atoms with E-state index in [1.165, 1.54) is 21.6 Å². The minimum atomic E-state index is -0.298. The number of carbonyl (C=O) groups excluding carboxylic acids is 2. The first-order valence-electron chi connectivity index (χ1n) is 11.5. The average Bonchev–Trinajstić information content (AvgIpc) is 3.31. The van der Waals surface area contributed by atoms with Crippen molar-refractivity contribution in [3.8, 4) is 0 Å². The largest absolute Gasteiger partial charge is 0.344 e. The van der Waals surface area contributed by atoms with Crippen molar-refractivity contribution in [2.45, 2.75) is 56.9 Å². The van der Waals surface area contributed by atoms with Crippen LogP contribution in [0.15, 0.2) is 24.3 Å². The molecule has 0 fully saturated rings. The van der Waals surface area contributed by atoms with Gasteiger partial charge in [0.1, 0.15) is 0 Å². The van der Waals surface area contributed by atoms with E-state index in [1.807, 2.05) is 14.1 Å². The molecule has 0 radical (unpaired) electrons. The predicted octanol–water partition coefficient (Wildman–Crippen LogP) is 4.20. The summed E-state index contributed by atoms with van der Waals surface area (Å²) in [7, 11) is 3.62. The quantitative estimate of drug-likeness (QED) is 0.689. The van der Waals surface area contributed by atoms with Crippen molar-refractivity contribution < 1.29 is 9.59 Å². The lowest BCUT2D eigenvalue weighted by atomic mass is 9.68. The summed E-state index contributed by atoms with van der Waals surface area (Å²) >= 11 is 1.66. The van der Waals surface area contributed by atoms with Crippen LogP contribution in [0.2, 0.25) is 0 Å². The number of nitrogens with zero attached hydrogens (tertiary/aromatic N) is 2. The maximum absolute atomic E-state index is 13.0. The van der Waals surface area contributed by atoms with Crippen molar-refractivity contribution in [3.05, 3.63) is 50.7 Å². The van der Waals surface area contributed by atoms with Gasteiger partial charge < -0.3 is 10.2 Å². The number of hydrogen-bond acceptors (Lipinski definition) is 4. The molecule has 3 aliphatic rings. The van der Waals surface area contributed by atoms with Gasteiger partial charge in [0.15, 0.2) is 0 Å². The molecule has 2 aliphatic heterocycles. The molecule has 1 unspecified atom stereocenters. The van der Waals surface area contributed by atoms with Crippen LogP contribution in [-0.2, 0) is 29.6 Å². The first-order valence-corrected chi connectivity index (χ1v) is 12.3. The zero-order valence-corrected chi connectivity index (χ0v) is 19.3. The van der Waals surface area contributed by atoms with E-state index in [9.17, 15) is 9.59 Å². The minimum Gasteiger partial charge on any atom is -0.344 e. The number of fused-ring (bicyclic) bond motifs is 1. The maximum Gasteiger partial charge on any atom is 0.263 e. The number of carbonyl (C=O) groups is 2. The summed E-state index contributed by atoms with van der Waals surface area (Å²) in [6.45, 7) is 3.05. The molecule has 5 nitrogen and oxygen atoms in total. The number of anilines is 1. The molecule has 0 spiro atoms. The fraction of sp³-hybridized carbons (Fsp3) is 0.520. The molecule has 0 bridgehead atoms. The van der Waals surface area contributed by atoms with Gasteiger partial charge in [0.2, 0.25) is 5.91 Å². The molecular formula is C25H31N3O2S. The van der Waals surface area contributed by atoms with Crippen LogP contribution < -0.4 is 5.32 Å². The van der Waals surface area contributed by atoms with Crippen molar-refractivity contribution in [3.63, 3.8) is 0 Å². The van der Waals surface area contributed by atoms with E-state index in [-0.39, 0.29) is 17.2 Å². The van der Waals surface area contributed by atoms with Gasteiger partial charge in [-0.2, -0.15) is 0 Å². The molecule has 6 heteroatoms. The third-order valence-corrected chi connectivity index (χ3v) is 8.48. The van der Waals surface area contributed by atoms with Gasteiger partial charge in [-0.25, -0.2) is 0 Å². The predicted molar refractivity (Wildman–Crippen MR) is 125 cm³/mol. The lowest BCUT2D eigenvalue weighted by Gasteiger charge is -2.33. The summed E-state index contributed by atoms with van der Waals surface area (Å²) in [6, 6.07) is 8.43. The van der Waals surface area contributed by atoms with Crippen LogP contribution in [0.5, 0.6) is 0 Å². The van der Waals surface area contributed by atoms with Crippen molar-refractivity contribution in [1.29, 1.82) is 0 Å². The van der Waals surface area contributed by atoms with E-state index < -0.39 is 0 Å². The Morgan fingerprint density at radius 3 is 2.94 bits per heavy atom. The third-order valence-electron chi connectivity index (χ3n) is 7.25. The second kappa shape index (κ2) is 8.06. The number of unbranched alkanes of at least 4 members (excludes halogenated alkanes) is 1. The van der Waals surface area contributed by atoms with Gasteiger partial charge in [0, 0.05) is 37.7 Å². The van der Waals surface area contributed by atoms with Crippen LogP contribution in [-0.4, -0.2) is 48.8 Å². The number of amides is 2. The Balaban J connectivity index is 1.19. The lowest BCUT2D eigenvalue weighted by molar-refractivity contribution is -0.121. The third kappa shape index (κ3) is 3.60. The van der Waals surface area contributed by atoms with Crippen LogP contribution in [0.4, 0.5) is 5.69 Å². The van der Waals surface area contributed by atoms with Crippen LogP contribution in [0, 0.1) is 0 Å². The molecule has 1 aromatic carbocycles. The Kier molecular flexibility index (Phi) is 5.39. The lowest BCUT2D eigenvalue weighted by Crippen LogP contribution is -2.37. The van der Waals surface area contributed by atoms with Crippen molar-refractivity contribution in [2.75, 3.05) is 32.5 Å². The summed E-state index contributed by atoms with van der Waals surface area (Å²) in [4.78, 5) is 31.6. The molecule has 3 heterocycles. The van der Waals surface area contributed by atoms with Gasteiger partial charge in [0.25, 0.3) is 5.91 Å². The molecule has 1 atom stereocenters. The number of thiophene rings is 1. The zero-order valence-electron chi connectivity index (χ0n) is 18.5. The van der Waals surface area contributed by atoms with Gasteiger partial charge in [0.05, 0.1) is 10.3 Å². The second-order valence-electron chi connectivity index (χ2n) is 9.47. The van der Waals surface area contributed by atoms with Crippen molar-refractivity contribution in [1.82, 2.24) is 9.80 Å². The highest BCUT2D eigenvalue weighted by molar-refractivity contribution is 7.14. The SMILES string of the molecule is CN(C)C(=O)c1cc2c(s1)CCN(CCCCC13CCCc4cccc(c41)NC3=O)C2. The van der Waals surface area contributed by atoms with Gasteiger partial charge in [-0.15, -0.1) is 11.3 Å². The van der Waals surface area contributed by atoms with E-state index in [1.54, 1.807) is 16.2 Å². The number of hydrogen-bond donors (Lipinski definition) is 1. The normalized spacial score (nSPS) is 22.1. The van der Waals surface area contributed by atoms with Crippen molar-refractivity contribution in [2.24, 2.45) is 0 Å². The van der Waals surface area contributed by atoms with Crippen LogP contribution in [0.25, 0.3) is 0 Å². The first-order chi connectivity index (χ1) is 15.0. The first kappa shape index (κ1) is 20.7. The smallest absolute Gasteiger partial charge is 0.263 e. The highest BCUT2D eigenvalue weighted by Gasteiger charge is 2.48. The zero-order chi connectivity index (χ0) is 21.6. The Morgan fingerprint density at radius 2 is 2.10 bits per heavy atom. The summed E-state index contributed by atoms with van der Waals surface area (Å²) in [5, 5.41) is 3.16. The topological polar surface area (TPSA) is 52.7 Å². The van der Waals surface area contributed by atoms with Crippen LogP contribution >= 0.6 is 11.3 Å². The number of aryl methyl sites for hydroxylation is 1. The Bertz CT molecular complexity index is 1030. The standard InChI is InChI=1S/C25H31N3O2S/c1-27(2)23(29)21-15-18-16-28(14-10-20(18)31-21)13-4-3-11-25-12-6-8-17-7-5-9-19(22(17)25)26-24(25)30/h5,7,9,15H,3-4,6,8,10-14,16H2,1-2H3,(H,26,30). The van der Waals surface area contributed by atoms with Crippen molar-refractivity contribution >= 4 is 28.8 Å². The molecule has 2 aromatic rings. The second-order valence-corrected chi connectivity index (χ2v) is 10.6. The number of rotatable bonds is 6. The van der Waals surface area contributed by atoms with Gasteiger partial charge in [-0.1, -0.05) is 18.6 Å². The Hall–Kier alpha value is -2.18. The van der Waals surface area contributed by atoms with E-state index in [0.717, 1.165) is 75.1 Å². The van der Waals surface area contributed by atoms with Crippen LogP contribution in [0.1, 0.15) is 63.3 Å². The minimum absolute atomic E-state index is 0.104. The molecule has 31 heavy (non-hydrogen) atoms. The highest BCUT2D eigenvalue weighted by atomic mass is 32.1. The molecular weight excluding hydrogens is 406 g/mol. The maximum atomic E-state index is 13.0. The molecule has 1 aromatic heterocycles. The van der Waals surface area contributed by atoms with E-state index in [0.29, 0.717) is 0 Å². The van der Waals surface area contributed by atoms with Crippen LogP contribution in [0.3, 0.4) is 0 Å². The molecule has 0 saturated heterocycles. The molecule has 164 valence electrons. The Morgan fingerprint density at radius 1 is 1.23 bits per heavy atom. The molecule has 0 saturated carbocycles. The molecule has 1 N–H and O–H groups in total. The summed E-state index contributed by atoms with van der Waals surface area (Å²) < 4.78 is 0. The Labute approximate surface area is 188 Å². The molecule has 5 rings (SSSR count). The molecule has 1 aliphatic carbocycles. The van der Waals surface area contributed by atoms with Gasteiger partial charge in [-0.3, -0.25) is 14.5 Å². The highest BCUT2D eigenvalue weighted by Crippen LogP contribution is 2.49. The fourth-order valence-corrected chi connectivity index (χ4v) is 6.87. The van der Waals surface area contributed by atoms with Gasteiger partial charge in [-0.05, 0) is 73.9 Å². The summed E-state index contributed by atoms with van der Waals surface area (Å²) in [5.74, 6) is 0.320. The summed E-state index contributed by atoms with van der Waals surface area (Å²) in [6.07, 6.45) is 7.33. The van der Waals surface area contributed by atoms with E-state index >= 15 is 0 Å². The fourth-order valence-electron chi connectivity index (χ4n) is 5.69. The molecule has 2 amide bonds. The number of nitrogens with one attached hydrogen (secondary N) is 1.